The first-order chi connectivity index (χ1) is 9.88. The second kappa shape index (κ2) is 6.69. The van der Waals surface area contributed by atoms with Crippen LogP contribution in [0.4, 0.5) is 5.69 Å². The van der Waals surface area contributed by atoms with E-state index in [9.17, 15) is 0 Å². The predicted molar refractivity (Wildman–Crippen MR) is 89.5 cm³/mol. The number of hydrogen-bond donors (Lipinski definition) is 1. The van der Waals surface area contributed by atoms with Crippen LogP contribution in [0.25, 0.3) is 0 Å². The topological polar surface area (TPSA) is 38.5 Å². The van der Waals surface area contributed by atoms with Crippen LogP contribution in [0.15, 0.2) is 18.2 Å². The molecule has 1 aliphatic heterocycles. The number of methoxy groups -OCH3 is 1. The van der Waals surface area contributed by atoms with Gasteiger partial charge in [-0.1, -0.05) is 20.8 Å². The highest BCUT2D eigenvalue weighted by Crippen LogP contribution is 2.34. The zero-order valence-electron chi connectivity index (χ0n) is 14.0. The molecule has 1 aromatic carbocycles. The molecular formula is C18H30N2O. The van der Waals surface area contributed by atoms with Crippen LogP contribution in [0.3, 0.4) is 0 Å². The molecule has 1 aliphatic rings. The van der Waals surface area contributed by atoms with E-state index in [0.29, 0.717) is 5.41 Å². The van der Waals surface area contributed by atoms with Crippen LogP contribution in [0.2, 0.25) is 0 Å². The van der Waals surface area contributed by atoms with E-state index in [4.69, 9.17) is 10.5 Å². The maximum absolute atomic E-state index is 5.95. The van der Waals surface area contributed by atoms with E-state index in [0.717, 1.165) is 23.9 Å². The lowest BCUT2D eigenvalue weighted by atomic mass is 9.77. The van der Waals surface area contributed by atoms with Gasteiger partial charge in [-0.05, 0) is 61.4 Å². The van der Waals surface area contributed by atoms with Gasteiger partial charge in [-0.15, -0.1) is 0 Å². The Morgan fingerprint density at radius 3 is 2.62 bits per heavy atom. The Morgan fingerprint density at radius 1 is 1.19 bits per heavy atom. The molecule has 1 heterocycles. The summed E-state index contributed by atoms with van der Waals surface area (Å²) < 4.78 is 5.31. The number of likely N-dealkylation sites (tertiary alicyclic amines) is 1. The van der Waals surface area contributed by atoms with Crippen molar-refractivity contribution in [3.05, 3.63) is 23.8 Å². The third kappa shape index (κ3) is 4.63. The summed E-state index contributed by atoms with van der Waals surface area (Å²) in [6.07, 6.45) is 3.94. The molecule has 1 aromatic rings. The Hall–Kier alpha value is -1.22. The molecule has 0 aromatic heterocycles. The number of benzene rings is 1. The Kier molecular flexibility index (Phi) is 5.15. The first-order valence-electron chi connectivity index (χ1n) is 8.04. The van der Waals surface area contributed by atoms with Crippen LogP contribution in [-0.4, -0.2) is 25.1 Å². The van der Waals surface area contributed by atoms with Gasteiger partial charge < -0.3 is 10.5 Å². The van der Waals surface area contributed by atoms with Gasteiger partial charge in [0.1, 0.15) is 5.75 Å². The predicted octanol–water partition coefficient (Wildman–Crippen LogP) is 3.93. The zero-order chi connectivity index (χ0) is 15.5. The average molecular weight is 290 g/mol. The van der Waals surface area contributed by atoms with Gasteiger partial charge in [0, 0.05) is 18.3 Å². The maximum Gasteiger partial charge on any atom is 0.121 e. The number of hydrogen-bond acceptors (Lipinski definition) is 3. The van der Waals surface area contributed by atoms with Gasteiger partial charge in [-0.25, -0.2) is 0 Å². The Labute approximate surface area is 129 Å². The molecule has 0 aliphatic carbocycles. The lowest BCUT2D eigenvalue weighted by Crippen LogP contribution is -2.26. The van der Waals surface area contributed by atoms with E-state index < -0.39 is 0 Å². The normalized spacial score (nSPS) is 21.0. The summed E-state index contributed by atoms with van der Waals surface area (Å²) in [5.41, 5.74) is 8.41. The van der Waals surface area contributed by atoms with Crippen molar-refractivity contribution in [2.24, 2.45) is 11.3 Å². The third-order valence-electron chi connectivity index (χ3n) is 4.68. The molecule has 1 unspecified atom stereocenters. The average Bonchev–Trinajstić information content (AvgIpc) is 2.63. The molecule has 0 amide bonds. The molecule has 1 fully saturated rings. The zero-order valence-corrected chi connectivity index (χ0v) is 14.0. The molecule has 0 spiro atoms. The molecule has 0 bridgehead atoms. The SMILES string of the molecule is COc1cc(N)cc(CN2CCCC(C(C)(C)C)CC2)c1. The van der Waals surface area contributed by atoms with E-state index >= 15 is 0 Å². The first-order valence-corrected chi connectivity index (χ1v) is 8.04. The molecule has 1 atom stereocenters. The van der Waals surface area contributed by atoms with Gasteiger partial charge in [-0.3, -0.25) is 4.90 Å². The van der Waals surface area contributed by atoms with Crippen LogP contribution in [0, 0.1) is 11.3 Å². The molecule has 0 saturated carbocycles. The summed E-state index contributed by atoms with van der Waals surface area (Å²) in [5.74, 6) is 1.69. The summed E-state index contributed by atoms with van der Waals surface area (Å²) in [7, 11) is 1.69. The van der Waals surface area contributed by atoms with Gasteiger partial charge in [0.2, 0.25) is 0 Å². The highest BCUT2D eigenvalue weighted by Gasteiger charge is 2.26. The quantitative estimate of drug-likeness (QED) is 0.857. The van der Waals surface area contributed by atoms with Gasteiger partial charge in [0.15, 0.2) is 0 Å². The molecule has 1 saturated heterocycles. The molecule has 2 rings (SSSR count). The second-order valence-electron chi connectivity index (χ2n) is 7.38. The van der Waals surface area contributed by atoms with E-state index in [1.54, 1.807) is 7.11 Å². The van der Waals surface area contributed by atoms with E-state index in [1.165, 1.54) is 37.9 Å². The summed E-state index contributed by atoms with van der Waals surface area (Å²) in [4.78, 5) is 2.56. The largest absolute Gasteiger partial charge is 0.497 e. The first kappa shape index (κ1) is 16.2. The molecule has 0 radical (unpaired) electrons. The second-order valence-corrected chi connectivity index (χ2v) is 7.38. The van der Waals surface area contributed by atoms with Crippen LogP contribution in [-0.2, 0) is 6.54 Å². The van der Waals surface area contributed by atoms with E-state index in [2.05, 4.69) is 37.8 Å². The minimum absolute atomic E-state index is 0.427. The van der Waals surface area contributed by atoms with Gasteiger partial charge in [0.25, 0.3) is 0 Å². The molecule has 118 valence electrons. The van der Waals surface area contributed by atoms with E-state index in [-0.39, 0.29) is 0 Å². The molecule has 2 N–H and O–H groups in total. The lowest BCUT2D eigenvalue weighted by Gasteiger charge is -2.29. The van der Waals surface area contributed by atoms with Crippen LogP contribution in [0.5, 0.6) is 5.75 Å². The van der Waals surface area contributed by atoms with Crippen LogP contribution >= 0.6 is 0 Å². The highest BCUT2D eigenvalue weighted by molar-refractivity contribution is 5.47. The smallest absolute Gasteiger partial charge is 0.121 e. The summed E-state index contributed by atoms with van der Waals surface area (Å²) in [5, 5.41) is 0. The van der Waals surface area contributed by atoms with Crippen molar-refractivity contribution in [1.29, 1.82) is 0 Å². The number of nitrogens with two attached hydrogens (primary N) is 1. The third-order valence-corrected chi connectivity index (χ3v) is 4.68. The van der Waals surface area contributed by atoms with Gasteiger partial charge in [-0.2, -0.15) is 0 Å². The minimum atomic E-state index is 0.427. The van der Waals surface area contributed by atoms with Crippen LogP contribution < -0.4 is 10.5 Å². The fourth-order valence-electron chi connectivity index (χ4n) is 3.33. The fourth-order valence-corrected chi connectivity index (χ4v) is 3.33. The van der Waals surface area contributed by atoms with Crippen molar-refractivity contribution in [2.45, 2.75) is 46.6 Å². The van der Waals surface area contributed by atoms with Gasteiger partial charge >= 0.3 is 0 Å². The minimum Gasteiger partial charge on any atom is -0.497 e. The fraction of sp³-hybridized carbons (Fsp3) is 0.667. The number of nitrogen functional groups attached to an aromatic ring is 1. The van der Waals surface area contributed by atoms with Crippen molar-refractivity contribution in [1.82, 2.24) is 4.90 Å². The van der Waals surface area contributed by atoms with Crippen molar-refractivity contribution < 1.29 is 4.74 Å². The van der Waals surface area contributed by atoms with Crippen LogP contribution in [0.1, 0.15) is 45.6 Å². The molecular weight excluding hydrogens is 260 g/mol. The number of rotatable bonds is 3. The number of ether oxygens (including phenoxy) is 1. The maximum atomic E-state index is 5.95. The molecule has 21 heavy (non-hydrogen) atoms. The van der Waals surface area contributed by atoms with Crippen molar-refractivity contribution in [3.8, 4) is 5.75 Å². The Balaban J connectivity index is 1.99. The van der Waals surface area contributed by atoms with Crippen molar-refractivity contribution >= 4 is 5.69 Å². The van der Waals surface area contributed by atoms with Gasteiger partial charge in [0.05, 0.1) is 7.11 Å². The molecule has 3 nitrogen and oxygen atoms in total. The lowest BCUT2D eigenvalue weighted by molar-refractivity contribution is 0.206. The Morgan fingerprint density at radius 2 is 1.95 bits per heavy atom. The molecule has 3 heteroatoms. The van der Waals surface area contributed by atoms with E-state index in [1.807, 2.05) is 6.07 Å². The summed E-state index contributed by atoms with van der Waals surface area (Å²) >= 11 is 0. The Bertz CT molecular complexity index is 465. The summed E-state index contributed by atoms with van der Waals surface area (Å²) in [6, 6.07) is 6.04. The number of anilines is 1. The standard InChI is InChI=1S/C18H30N2O/c1-18(2,3)15-6-5-8-20(9-7-15)13-14-10-16(19)12-17(11-14)21-4/h10-12,15H,5-9,13,19H2,1-4H3. The highest BCUT2D eigenvalue weighted by atomic mass is 16.5. The number of nitrogens with zero attached hydrogens (tertiary/aromatic N) is 1. The van der Waals surface area contributed by atoms with Crippen molar-refractivity contribution in [2.75, 3.05) is 25.9 Å². The monoisotopic (exact) mass is 290 g/mol. The summed E-state index contributed by atoms with van der Waals surface area (Å²) in [6.45, 7) is 10.4. The van der Waals surface area contributed by atoms with Crippen molar-refractivity contribution in [3.63, 3.8) is 0 Å².